The lowest BCUT2D eigenvalue weighted by atomic mass is 9.89. The Morgan fingerprint density at radius 3 is 2.18 bits per heavy atom. The molecule has 0 saturated carbocycles. The molecule has 3 unspecified atom stereocenters. The van der Waals surface area contributed by atoms with Crippen LogP contribution in [0, 0.1) is 17.8 Å². The highest BCUT2D eigenvalue weighted by molar-refractivity contribution is 5.69. The molecule has 0 fully saturated rings. The van der Waals surface area contributed by atoms with Crippen molar-refractivity contribution >= 4 is 5.97 Å². The van der Waals surface area contributed by atoms with Crippen molar-refractivity contribution in [1.82, 2.24) is 0 Å². The highest BCUT2D eigenvalue weighted by atomic mass is 16.5. The van der Waals surface area contributed by atoms with Crippen LogP contribution in [-0.2, 0) is 9.53 Å². The van der Waals surface area contributed by atoms with Crippen LogP contribution in [0.4, 0.5) is 0 Å². The van der Waals surface area contributed by atoms with E-state index in [1.165, 1.54) is 32.8 Å². The lowest BCUT2D eigenvalue weighted by Gasteiger charge is -2.17. The van der Waals surface area contributed by atoms with Gasteiger partial charge < -0.3 is 4.74 Å². The third-order valence-electron chi connectivity index (χ3n) is 3.64. The number of carbonyl (C=O) groups excluding carboxylic acids is 1. The number of methoxy groups -OCH3 is 1. The third-order valence-corrected chi connectivity index (χ3v) is 3.64. The van der Waals surface area contributed by atoms with Crippen LogP contribution < -0.4 is 0 Å². The number of hydrogen-bond donors (Lipinski definition) is 0. The molecule has 0 saturated heterocycles. The summed E-state index contributed by atoms with van der Waals surface area (Å²) in [6, 6.07) is 0. The first kappa shape index (κ1) is 16.5. The summed E-state index contributed by atoms with van der Waals surface area (Å²) in [5, 5.41) is 0. The van der Waals surface area contributed by atoms with Crippen molar-refractivity contribution in [2.45, 2.75) is 66.2 Å². The standard InChI is InChI=1S/C15H30O2/c1-6-12(2)8-7-9-13(3)10-14(4)11-15(16)17-5/h12-14H,6-11H2,1-5H3. The van der Waals surface area contributed by atoms with Crippen molar-refractivity contribution in [2.24, 2.45) is 17.8 Å². The molecule has 0 N–H and O–H groups in total. The van der Waals surface area contributed by atoms with Crippen LogP contribution in [0.25, 0.3) is 0 Å². The van der Waals surface area contributed by atoms with Crippen LogP contribution in [0.1, 0.15) is 66.2 Å². The van der Waals surface area contributed by atoms with Crippen molar-refractivity contribution in [1.29, 1.82) is 0 Å². The summed E-state index contributed by atoms with van der Waals surface area (Å²) in [7, 11) is 1.46. The van der Waals surface area contributed by atoms with E-state index in [0.29, 0.717) is 12.3 Å². The van der Waals surface area contributed by atoms with Crippen molar-refractivity contribution < 1.29 is 9.53 Å². The molecule has 0 aromatic rings. The highest BCUT2D eigenvalue weighted by Crippen LogP contribution is 2.22. The molecule has 0 spiro atoms. The Hall–Kier alpha value is -0.530. The van der Waals surface area contributed by atoms with Gasteiger partial charge in [0.15, 0.2) is 0 Å². The van der Waals surface area contributed by atoms with Gasteiger partial charge in [-0.1, -0.05) is 53.4 Å². The summed E-state index contributed by atoms with van der Waals surface area (Å²) in [5.41, 5.74) is 0. The molecule has 0 heterocycles. The third kappa shape index (κ3) is 9.20. The molecule has 0 aliphatic carbocycles. The van der Waals surface area contributed by atoms with E-state index in [0.717, 1.165) is 18.3 Å². The van der Waals surface area contributed by atoms with E-state index in [-0.39, 0.29) is 5.97 Å². The summed E-state index contributed by atoms with van der Waals surface area (Å²) in [5.74, 6) is 1.94. The lowest BCUT2D eigenvalue weighted by molar-refractivity contribution is -0.141. The van der Waals surface area contributed by atoms with E-state index in [4.69, 9.17) is 4.74 Å². The second-order valence-electron chi connectivity index (χ2n) is 5.67. The molecule has 0 rings (SSSR count). The second kappa shape index (κ2) is 9.49. The summed E-state index contributed by atoms with van der Waals surface area (Å²) in [6.45, 7) is 9.02. The smallest absolute Gasteiger partial charge is 0.305 e. The van der Waals surface area contributed by atoms with Gasteiger partial charge in [-0.25, -0.2) is 0 Å². The van der Waals surface area contributed by atoms with Gasteiger partial charge in [-0.2, -0.15) is 0 Å². The SMILES string of the molecule is CCC(C)CCCC(C)CC(C)CC(=O)OC. The Morgan fingerprint density at radius 2 is 1.65 bits per heavy atom. The maximum Gasteiger partial charge on any atom is 0.305 e. The van der Waals surface area contributed by atoms with E-state index in [9.17, 15) is 4.79 Å². The van der Waals surface area contributed by atoms with Crippen molar-refractivity contribution in [3.8, 4) is 0 Å². The normalized spacial score (nSPS) is 16.3. The number of esters is 1. The summed E-state index contributed by atoms with van der Waals surface area (Å²) in [4.78, 5) is 11.1. The molecule has 102 valence electrons. The van der Waals surface area contributed by atoms with Gasteiger partial charge in [0.05, 0.1) is 7.11 Å². The molecule has 2 heteroatoms. The molecular formula is C15H30O2. The largest absolute Gasteiger partial charge is 0.469 e. The predicted molar refractivity (Wildman–Crippen MR) is 72.9 cm³/mol. The first-order valence-corrected chi connectivity index (χ1v) is 7.06. The molecule has 0 bridgehead atoms. The Kier molecular flexibility index (Phi) is 9.20. The van der Waals surface area contributed by atoms with Gasteiger partial charge in [0, 0.05) is 6.42 Å². The monoisotopic (exact) mass is 242 g/mol. The van der Waals surface area contributed by atoms with Gasteiger partial charge in [0.25, 0.3) is 0 Å². The molecule has 0 aromatic heterocycles. The fourth-order valence-corrected chi connectivity index (χ4v) is 2.27. The maximum absolute atomic E-state index is 11.1. The minimum atomic E-state index is -0.0793. The number of carbonyl (C=O) groups is 1. The van der Waals surface area contributed by atoms with Crippen LogP contribution in [0.5, 0.6) is 0 Å². The van der Waals surface area contributed by atoms with Gasteiger partial charge in [-0.15, -0.1) is 0 Å². The second-order valence-corrected chi connectivity index (χ2v) is 5.67. The topological polar surface area (TPSA) is 26.3 Å². The summed E-state index contributed by atoms with van der Waals surface area (Å²) >= 11 is 0. The quantitative estimate of drug-likeness (QED) is 0.559. The molecular weight excluding hydrogens is 212 g/mol. The lowest BCUT2D eigenvalue weighted by Crippen LogP contribution is -2.10. The van der Waals surface area contributed by atoms with E-state index in [1.807, 2.05) is 0 Å². The Bertz CT molecular complexity index is 201. The van der Waals surface area contributed by atoms with Crippen LogP contribution >= 0.6 is 0 Å². The Balaban J connectivity index is 3.63. The zero-order valence-corrected chi connectivity index (χ0v) is 12.3. The minimum Gasteiger partial charge on any atom is -0.469 e. The van der Waals surface area contributed by atoms with Crippen LogP contribution in [0.3, 0.4) is 0 Å². The summed E-state index contributed by atoms with van der Waals surface area (Å²) < 4.78 is 4.69. The van der Waals surface area contributed by atoms with Gasteiger partial charge >= 0.3 is 5.97 Å². The number of hydrogen-bond acceptors (Lipinski definition) is 2. The minimum absolute atomic E-state index is 0.0793. The van der Waals surface area contributed by atoms with Crippen molar-refractivity contribution in [3.63, 3.8) is 0 Å². The van der Waals surface area contributed by atoms with Gasteiger partial charge in [0.2, 0.25) is 0 Å². The first-order valence-electron chi connectivity index (χ1n) is 7.06. The van der Waals surface area contributed by atoms with Crippen molar-refractivity contribution in [3.05, 3.63) is 0 Å². The molecule has 0 radical (unpaired) electrons. The molecule has 2 nitrogen and oxygen atoms in total. The summed E-state index contributed by atoms with van der Waals surface area (Å²) in [6.07, 6.45) is 6.93. The average molecular weight is 242 g/mol. The van der Waals surface area contributed by atoms with Gasteiger partial charge in [-0.3, -0.25) is 4.79 Å². The van der Waals surface area contributed by atoms with E-state index in [1.54, 1.807) is 0 Å². The zero-order chi connectivity index (χ0) is 13.3. The first-order chi connectivity index (χ1) is 7.99. The van der Waals surface area contributed by atoms with Crippen LogP contribution in [0.2, 0.25) is 0 Å². The zero-order valence-electron chi connectivity index (χ0n) is 12.3. The van der Waals surface area contributed by atoms with E-state index < -0.39 is 0 Å². The highest BCUT2D eigenvalue weighted by Gasteiger charge is 2.13. The number of rotatable bonds is 9. The average Bonchev–Trinajstić information content (AvgIpc) is 2.28. The molecule has 3 atom stereocenters. The molecule has 0 aromatic carbocycles. The van der Waals surface area contributed by atoms with E-state index >= 15 is 0 Å². The maximum atomic E-state index is 11.1. The van der Waals surface area contributed by atoms with Gasteiger partial charge in [0.1, 0.15) is 0 Å². The van der Waals surface area contributed by atoms with Crippen molar-refractivity contribution in [2.75, 3.05) is 7.11 Å². The van der Waals surface area contributed by atoms with Crippen LogP contribution in [-0.4, -0.2) is 13.1 Å². The molecule has 0 amide bonds. The Labute approximate surface area is 107 Å². The predicted octanol–water partition coefficient (Wildman–Crippen LogP) is 4.43. The molecule has 0 aliphatic heterocycles. The van der Waals surface area contributed by atoms with Crippen LogP contribution in [0.15, 0.2) is 0 Å². The van der Waals surface area contributed by atoms with E-state index in [2.05, 4.69) is 27.7 Å². The number of ether oxygens (including phenoxy) is 1. The van der Waals surface area contributed by atoms with Gasteiger partial charge in [-0.05, 0) is 24.2 Å². The molecule has 17 heavy (non-hydrogen) atoms. The fourth-order valence-electron chi connectivity index (χ4n) is 2.27. The fraction of sp³-hybridized carbons (Fsp3) is 0.933. The molecule has 0 aliphatic rings. The Morgan fingerprint density at radius 1 is 1.06 bits per heavy atom.